The van der Waals surface area contributed by atoms with Crippen molar-refractivity contribution in [2.75, 3.05) is 5.32 Å². The highest BCUT2D eigenvalue weighted by molar-refractivity contribution is 7.80. The molecule has 0 fully saturated rings. The molecular formula is C15H14ClN3OS. The molecule has 0 amide bonds. The first kappa shape index (κ1) is 15.3. The average Bonchev–Trinajstić information content (AvgIpc) is 2.50. The quantitative estimate of drug-likeness (QED) is 0.350. The fourth-order valence-electron chi connectivity index (χ4n) is 1.63. The number of hydrogen-bond acceptors (Lipinski definition) is 3. The largest absolute Gasteiger partial charge is 0.507 e. The third kappa shape index (κ3) is 4.73. The molecule has 2 aromatic rings. The summed E-state index contributed by atoms with van der Waals surface area (Å²) in [5.41, 5.74) is 5.04. The Morgan fingerprint density at radius 3 is 2.71 bits per heavy atom. The molecule has 0 aliphatic carbocycles. The van der Waals surface area contributed by atoms with Gasteiger partial charge in [-0.25, -0.2) is 0 Å². The lowest BCUT2D eigenvalue weighted by atomic mass is 10.1. The van der Waals surface area contributed by atoms with E-state index in [2.05, 4.69) is 15.8 Å². The van der Waals surface area contributed by atoms with E-state index in [4.69, 9.17) is 23.8 Å². The van der Waals surface area contributed by atoms with Crippen molar-refractivity contribution in [2.24, 2.45) is 5.10 Å². The Balaban J connectivity index is 1.94. The second kappa shape index (κ2) is 7.61. The number of nitrogens with one attached hydrogen (secondary N) is 2. The molecule has 2 aromatic carbocycles. The lowest BCUT2D eigenvalue weighted by Crippen LogP contribution is -2.23. The lowest BCUT2D eigenvalue weighted by Gasteiger charge is -2.06. The van der Waals surface area contributed by atoms with Crippen LogP contribution >= 0.6 is 23.8 Å². The van der Waals surface area contributed by atoms with Crippen molar-refractivity contribution in [1.82, 2.24) is 5.43 Å². The Hall–Kier alpha value is -2.11. The fraction of sp³-hybridized carbons (Fsp3) is 0.0667. The molecular weight excluding hydrogens is 306 g/mol. The summed E-state index contributed by atoms with van der Waals surface area (Å²) in [5, 5.41) is 17.1. The zero-order chi connectivity index (χ0) is 15.1. The third-order valence-electron chi connectivity index (χ3n) is 2.65. The summed E-state index contributed by atoms with van der Waals surface area (Å²) in [6.45, 7) is 0. The van der Waals surface area contributed by atoms with E-state index in [1.165, 1.54) is 6.21 Å². The van der Waals surface area contributed by atoms with Crippen LogP contribution in [0.1, 0.15) is 11.1 Å². The molecule has 6 heteroatoms. The van der Waals surface area contributed by atoms with Gasteiger partial charge >= 0.3 is 0 Å². The highest BCUT2D eigenvalue weighted by Crippen LogP contribution is 2.17. The number of halogens is 1. The maximum absolute atomic E-state index is 9.72. The monoisotopic (exact) mass is 319 g/mol. The van der Waals surface area contributed by atoms with E-state index in [0.717, 1.165) is 11.3 Å². The number of aromatic hydroxyl groups is 1. The number of benzene rings is 2. The van der Waals surface area contributed by atoms with E-state index in [9.17, 15) is 5.11 Å². The van der Waals surface area contributed by atoms with Crippen LogP contribution in [-0.2, 0) is 5.88 Å². The fourth-order valence-corrected chi connectivity index (χ4v) is 1.97. The normalized spacial score (nSPS) is 10.5. The minimum absolute atomic E-state index is 0.136. The molecule has 0 bridgehead atoms. The summed E-state index contributed by atoms with van der Waals surface area (Å²) >= 11 is 10.9. The molecule has 0 atom stereocenters. The van der Waals surface area contributed by atoms with Crippen LogP contribution in [0.2, 0.25) is 0 Å². The summed E-state index contributed by atoms with van der Waals surface area (Å²) < 4.78 is 0. The van der Waals surface area contributed by atoms with E-state index < -0.39 is 0 Å². The van der Waals surface area contributed by atoms with Gasteiger partial charge in [-0.15, -0.1) is 11.6 Å². The van der Waals surface area contributed by atoms with Crippen molar-refractivity contribution in [1.29, 1.82) is 0 Å². The topological polar surface area (TPSA) is 56.7 Å². The summed E-state index contributed by atoms with van der Waals surface area (Å²) in [6.07, 6.45) is 1.49. The predicted molar refractivity (Wildman–Crippen MR) is 91.1 cm³/mol. The van der Waals surface area contributed by atoms with E-state index in [0.29, 0.717) is 16.6 Å². The van der Waals surface area contributed by atoms with Gasteiger partial charge in [0.25, 0.3) is 0 Å². The van der Waals surface area contributed by atoms with Crippen molar-refractivity contribution in [3.8, 4) is 5.75 Å². The zero-order valence-corrected chi connectivity index (χ0v) is 12.7. The summed E-state index contributed by atoms with van der Waals surface area (Å²) in [7, 11) is 0. The zero-order valence-electron chi connectivity index (χ0n) is 11.1. The van der Waals surface area contributed by atoms with Gasteiger partial charge in [-0.2, -0.15) is 5.10 Å². The Morgan fingerprint density at radius 2 is 2.00 bits per heavy atom. The average molecular weight is 320 g/mol. The molecule has 0 heterocycles. The van der Waals surface area contributed by atoms with Gasteiger partial charge in [-0.1, -0.05) is 24.3 Å². The number of phenolic OH excluding ortho intramolecular Hbond substituents is 1. The highest BCUT2D eigenvalue weighted by atomic mass is 35.5. The molecule has 0 saturated heterocycles. The summed E-state index contributed by atoms with van der Waals surface area (Å²) in [5.74, 6) is 0.513. The number of nitrogens with zero attached hydrogens (tertiary/aromatic N) is 1. The van der Waals surface area contributed by atoms with Crippen LogP contribution in [0.25, 0.3) is 0 Å². The van der Waals surface area contributed by atoms with Gasteiger partial charge in [0, 0.05) is 17.1 Å². The molecule has 0 spiro atoms. The first-order chi connectivity index (χ1) is 10.2. The molecule has 2 rings (SSSR count). The van der Waals surface area contributed by atoms with E-state index in [1.807, 2.05) is 30.3 Å². The third-order valence-corrected chi connectivity index (χ3v) is 3.15. The lowest BCUT2D eigenvalue weighted by molar-refractivity contribution is 0.474. The minimum Gasteiger partial charge on any atom is -0.507 e. The van der Waals surface area contributed by atoms with Crippen LogP contribution in [0.3, 0.4) is 0 Å². The van der Waals surface area contributed by atoms with Crippen LogP contribution in [0, 0.1) is 0 Å². The Morgan fingerprint density at radius 1 is 1.24 bits per heavy atom. The van der Waals surface area contributed by atoms with Gasteiger partial charge in [0.1, 0.15) is 5.75 Å². The molecule has 21 heavy (non-hydrogen) atoms. The number of hydrazone groups is 1. The number of anilines is 1. The molecule has 0 saturated carbocycles. The van der Waals surface area contributed by atoms with Gasteiger partial charge in [-0.05, 0) is 42.0 Å². The SMILES string of the molecule is Oc1ccc(CCl)cc1/C=N/NC(=S)Nc1ccccc1. The van der Waals surface area contributed by atoms with E-state index in [1.54, 1.807) is 18.2 Å². The van der Waals surface area contributed by atoms with Crippen molar-refractivity contribution in [3.05, 3.63) is 59.7 Å². The van der Waals surface area contributed by atoms with Crippen molar-refractivity contribution < 1.29 is 5.11 Å². The standard InChI is InChI=1S/C15H14ClN3OS/c16-9-11-6-7-14(20)12(8-11)10-17-19-15(21)18-13-4-2-1-3-5-13/h1-8,10,20H,9H2,(H2,18,19,21)/b17-10+. The van der Waals surface area contributed by atoms with Gasteiger partial charge in [-0.3, -0.25) is 5.43 Å². The molecule has 4 nitrogen and oxygen atoms in total. The number of rotatable bonds is 4. The molecule has 0 unspecified atom stereocenters. The highest BCUT2D eigenvalue weighted by Gasteiger charge is 2.00. The van der Waals surface area contributed by atoms with Crippen LogP contribution < -0.4 is 10.7 Å². The number of hydrogen-bond donors (Lipinski definition) is 3. The first-order valence-corrected chi connectivity index (χ1v) is 7.16. The van der Waals surface area contributed by atoms with Crippen molar-refractivity contribution >= 4 is 40.8 Å². The maximum Gasteiger partial charge on any atom is 0.191 e. The van der Waals surface area contributed by atoms with Crippen LogP contribution in [0.5, 0.6) is 5.75 Å². The van der Waals surface area contributed by atoms with Crippen LogP contribution in [0.15, 0.2) is 53.6 Å². The van der Waals surface area contributed by atoms with E-state index in [-0.39, 0.29) is 5.75 Å². The molecule has 3 N–H and O–H groups in total. The summed E-state index contributed by atoms with van der Waals surface area (Å²) in [4.78, 5) is 0. The van der Waals surface area contributed by atoms with Crippen molar-refractivity contribution in [3.63, 3.8) is 0 Å². The molecule has 0 aromatic heterocycles. The maximum atomic E-state index is 9.72. The van der Waals surface area contributed by atoms with Crippen LogP contribution in [-0.4, -0.2) is 16.4 Å². The minimum atomic E-state index is 0.136. The van der Waals surface area contributed by atoms with Gasteiger partial charge < -0.3 is 10.4 Å². The van der Waals surface area contributed by atoms with Gasteiger partial charge in [0.15, 0.2) is 5.11 Å². The van der Waals surface area contributed by atoms with Crippen molar-refractivity contribution in [2.45, 2.75) is 5.88 Å². The number of phenols is 1. The van der Waals surface area contributed by atoms with Gasteiger partial charge in [0.05, 0.1) is 6.21 Å². The molecule has 0 radical (unpaired) electrons. The Bertz CT molecular complexity index is 647. The number of para-hydroxylation sites is 1. The Labute approximate surface area is 133 Å². The predicted octanol–water partition coefficient (Wildman–Crippen LogP) is 3.45. The summed E-state index contributed by atoms with van der Waals surface area (Å²) in [6, 6.07) is 14.6. The number of thiocarbonyl (C=S) groups is 1. The number of alkyl halides is 1. The Kier molecular flexibility index (Phi) is 5.54. The molecule has 0 aliphatic rings. The molecule has 108 valence electrons. The second-order valence-electron chi connectivity index (χ2n) is 4.22. The first-order valence-electron chi connectivity index (χ1n) is 6.22. The smallest absolute Gasteiger partial charge is 0.191 e. The second-order valence-corrected chi connectivity index (χ2v) is 4.89. The van der Waals surface area contributed by atoms with E-state index >= 15 is 0 Å². The molecule has 0 aliphatic heterocycles. The van der Waals surface area contributed by atoms with Gasteiger partial charge in [0.2, 0.25) is 0 Å². The van der Waals surface area contributed by atoms with Crippen LogP contribution in [0.4, 0.5) is 5.69 Å².